The number of aliphatic carboxylic acids is 1. The van der Waals surface area contributed by atoms with Crippen molar-refractivity contribution in [1.82, 2.24) is 0 Å². The molecule has 86 valence electrons. The van der Waals surface area contributed by atoms with E-state index in [1.54, 1.807) is 0 Å². The third kappa shape index (κ3) is 2.11. The minimum Gasteiger partial charge on any atom is -0.479 e. The van der Waals surface area contributed by atoms with Crippen molar-refractivity contribution in [2.45, 2.75) is 6.10 Å². The molecule has 1 aromatic carbocycles. The second kappa shape index (κ2) is 4.19. The van der Waals surface area contributed by atoms with Gasteiger partial charge in [0.2, 0.25) is 5.82 Å². The summed E-state index contributed by atoms with van der Waals surface area (Å²) in [5.41, 5.74) is -1.99. The second-order valence-electron chi connectivity index (χ2n) is 2.82. The Kier molecular flexibility index (Phi) is 3.14. The largest absolute Gasteiger partial charge is 0.479 e. The van der Waals surface area contributed by atoms with E-state index >= 15 is 0 Å². The molecule has 0 spiro atoms. The van der Waals surface area contributed by atoms with E-state index in [9.17, 15) is 23.7 Å². The van der Waals surface area contributed by atoms with Crippen LogP contribution in [0.3, 0.4) is 0 Å². The first-order chi connectivity index (χ1) is 7.34. The third-order valence-corrected chi connectivity index (χ3v) is 1.79. The minimum absolute atomic E-state index is 0.219. The molecule has 0 saturated heterocycles. The Balaban J connectivity index is 3.31. The van der Waals surface area contributed by atoms with Crippen LogP contribution in [-0.4, -0.2) is 21.1 Å². The summed E-state index contributed by atoms with van der Waals surface area (Å²) in [5.74, 6) is -4.56. The molecule has 0 aliphatic heterocycles. The molecule has 16 heavy (non-hydrogen) atoms. The number of carbonyl (C=O) groups is 1. The quantitative estimate of drug-likeness (QED) is 0.598. The molecule has 0 aliphatic rings. The number of nitro groups is 1. The van der Waals surface area contributed by atoms with Gasteiger partial charge in [-0.2, -0.15) is 4.39 Å². The van der Waals surface area contributed by atoms with E-state index < -0.39 is 39.9 Å². The number of benzene rings is 1. The summed E-state index contributed by atoms with van der Waals surface area (Å²) in [6, 6.07) is 0.503. The van der Waals surface area contributed by atoms with Gasteiger partial charge >= 0.3 is 11.7 Å². The molecule has 1 aromatic rings. The van der Waals surface area contributed by atoms with Crippen LogP contribution in [-0.2, 0) is 4.79 Å². The zero-order valence-electron chi connectivity index (χ0n) is 7.55. The monoisotopic (exact) mass is 233 g/mol. The van der Waals surface area contributed by atoms with Crippen molar-refractivity contribution in [1.29, 1.82) is 0 Å². The molecule has 1 atom stereocenters. The van der Waals surface area contributed by atoms with Gasteiger partial charge in [0.05, 0.1) is 11.0 Å². The SMILES string of the molecule is O=C(O)[C@@H](O)c1cc(F)c([N+](=O)[O-])cc1F. The summed E-state index contributed by atoms with van der Waals surface area (Å²) >= 11 is 0. The molecule has 1 rings (SSSR count). The summed E-state index contributed by atoms with van der Waals surface area (Å²) in [4.78, 5) is 19.4. The van der Waals surface area contributed by atoms with Crippen LogP contribution in [0.25, 0.3) is 0 Å². The molecule has 0 aliphatic carbocycles. The molecule has 0 fully saturated rings. The number of hydrogen-bond donors (Lipinski definition) is 2. The molecule has 0 saturated carbocycles. The summed E-state index contributed by atoms with van der Waals surface area (Å²) in [6.07, 6.45) is -2.27. The number of carboxylic acids is 1. The fourth-order valence-corrected chi connectivity index (χ4v) is 1.03. The van der Waals surface area contributed by atoms with E-state index in [2.05, 4.69) is 0 Å². The number of carboxylic acid groups (broad SMARTS) is 1. The maximum atomic E-state index is 13.1. The van der Waals surface area contributed by atoms with E-state index in [0.29, 0.717) is 0 Å². The molecule has 8 heteroatoms. The van der Waals surface area contributed by atoms with Crippen molar-refractivity contribution in [3.8, 4) is 0 Å². The van der Waals surface area contributed by atoms with E-state index in [-0.39, 0.29) is 12.1 Å². The van der Waals surface area contributed by atoms with E-state index in [1.165, 1.54) is 0 Å². The highest BCUT2D eigenvalue weighted by Crippen LogP contribution is 2.25. The predicted molar refractivity (Wildman–Crippen MR) is 45.6 cm³/mol. The van der Waals surface area contributed by atoms with Gasteiger partial charge in [-0.3, -0.25) is 10.1 Å². The van der Waals surface area contributed by atoms with Crippen LogP contribution < -0.4 is 0 Å². The topological polar surface area (TPSA) is 101 Å². The standard InChI is InChI=1S/C8H5F2NO5/c9-4-2-6(11(15)16)5(10)1-3(4)7(12)8(13)14/h1-2,7,12H,(H,13,14)/t7-/m0/s1. The zero-order valence-corrected chi connectivity index (χ0v) is 7.55. The van der Waals surface area contributed by atoms with E-state index in [4.69, 9.17) is 10.2 Å². The number of hydrogen-bond acceptors (Lipinski definition) is 4. The first-order valence-corrected chi connectivity index (χ1v) is 3.88. The fourth-order valence-electron chi connectivity index (χ4n) is 1.03. The summed E-state index contributed by atoms with van der Waals surface area (Å²) in [6.45, 7) is 0. The number of nitro benzene ring substituents is 1. The molecule has 0 aromatic heterocycles. The van der Waals surface area contributed by atoms with Gasteiger partial charge in [-0.15, -0.1) is 0 Å². The average Bonchev–Trinajstić information content (AvgIpc) is 2.19. The number of aliphatic hydroxyl groups excluding tert-OH is 1. The molecular weight excluding hydrogens is 228 g/mol. The van der Waals surface area contributed by atoms with Gasteiger partial charge in [-0.05, 0) is 6.07 Å². The smallest absolute Gasteiger partial charge is 0.337 e. The lowest BCUT2D eigenvalue weighted by atomic mass is 10.1. The van der Waals surface area contributed by atoms with Crippen LogP contribution in [0, 0.1) is 21.7 Å². The van der Waals surface area contributed by atoms with E-state index in [0.717, 1.165) is 0 Å². The normalized spacial score (nSPS) is 12.2. The highest BCUT2D eigenvalue weighted by molar-refractivity contribution is 5.74. The van der Waals surface area contributed by atoms with Gasteiger partial charge in [0, 0.05) is 5.56 Å². The van der Waals surface area contributed by atoms with Crippen molar-refractivity contribution in [2.24, 2.45) is 0 Å². The van der Waals surface area contributed by atoms with Crippen LogP contribution in [0.1, 0.15) is 11.7 Å². The highest BCUT2D eigenvalue weighted by Gasteiger charge is 2.25. The highest BCUT2D eigenvalue weighted by atomic mass is 19.1. The number of halogens is 2. The Hall–Kier alpha value is -2.09. The van der Waals surface area contributed by atoms with Crippen molar-refractivity contribution >= 4 is 11.7 Å². The van der Waals surface area contributed by atoms with Crippen molar-refractivity contribution in [3.63, 3.8) is 0 Å². The van der Waals surface area contributed by atoms with Crippen LogP contribution >= 0.6 is 0 Å². The summed E-state index contributed by atoms with van der Waals surface area (Å²) in [5, 5.41) is 27.5. The Labute approximate surface area is 86.9 Å². The average molecular weight is 233 g/mol. The summed E-state index contributed by atoms with van der Waals surface area (Å²) in [7, 11) is 0. The lowest BCUT2D eigenvalue weighted by Crippen LogP contribution is -2.13. The molecule has 0 heterocycles. The van der Waals surface area contributed by atoms with Gasteiger partial charge < -0.3 is 10.2 Å². The summed E-state index contributed by atoms with van der Waals surface area (Å²) < 4.78 is 26.1. The number of rotatable bonds is 3. The minimum atomic E-state index is -2.27. The zero-order chi connectivity index (χ0) is 12.5. The number of aliphatic hydroxyl groups is 1. The molecule has 0 unspecified atom stereocenters. The Morgan fingerprint density at radius 1 is 1.38 bits per heavy atom. The van der Waals surface area contributed by atoms with Gasteiger partial charge in [-0.25, -0.2) is 9.18 Å². The fraction of sp³-hybridized carbons (Fsp3) is 0.125. The predicted octanol–water partition coefficient (Wildman–Crippen LogP) is 0.991. The van der Waals surface area contributed by atoms with E-state index in [1.807, 2.05) is 0 Å². The molecule has 0 amide bonds. The van der Waals surface area contributed by atoms with Gasteiger partial charge in [0.1, 0.15) is 5.82 Å². The molecule has 0 bridgehead atoms. The molecule has 2 N–H and O–H groups in total. The first kappa shape index (κ1) is 12.0. The van der Waals surface area contributed by atoms with Crippen LogP contribution in [0.15, 0.2) is 12.1 Å². The maximum Gasteiger partial charge on any atom is 0.337 e. The Morgan fingerprint density at radius 3 is 2.38 bits per heavy atom. The maximum absolute atomic E-state index is 13.1. The number of nitrogens with zero attached hydrogens (tertiary/aromatic N) is 1. The lowest BCUT2D eigenvalue weighted by Gasteiger charge is -2.07. The van der Waals surface area contributed by atoms with Crippen molar-refractivity contribution < 1.29 is 28.7 Å². The Bertz CT molecular complexity index is 462. The van der Waals surface area contributed by atoms with Gasteiger partial charge in [-0.1, -0.05) is 0 Å². The molecular formula is C8H5F2NO5. The van der Waals surface area contributed by atoms with Crippen LogP contribution in [0.4, 0.5) is 14.5 Å². The Morgan fingerprint density at radius 2 is 1.94 bits per heavy atom. The van der Waals surface area contributed by atoms with Gasteiger partial charge in [0.25, 0.3) is 0 Å². The van der Waals surface area contributed by atoms with Crippen LogP contribution in [0.5, 0.6) is 0 Å². The molecule has 0 radical (unpaired) electrons. The van der Waals surface area contributed by atoms with Crippen LogP contribution in [0.2, 0.25) is 0 Å². The molecule has 6 nitrogen and oxygen atoms in total. The second-order valence-corrected chi connectivity index (χ2v) is 2.82. The van der Waals surface area contributed by atoms with Crippen molar-refractivity contribution in [3.05, 3.63) is 39.4 Å². The first-order valence-electron chi connectivity index (χ1n) is 3.88. The lowest BCUT2D eigenvalue weighted by molar-refractivity contribution is -0.387. The van der Waals surface area contributed by atoms with Gasteiger partial charge in [0.15, 0.2) is 6.10 Å². The van der Waals surface area contributed by atoms with Crippen molar-refractivity contribution in [2.75, 3.05) is 0 Å². The third-order valence-electron chi connectivity index (χ3n) is 1.79.